The largest absolute Gasteiger partial charge is 0.506 e. The molecule has 1 saturated carbocycles. The van der Waals surface area contributed by atoms with E-state index in [0.717, 1.165) is 32.4 Å². The number of hydrogen-bond acceptors (Lipinski definition) is 5. The van der Waals surface area contributed by atoms with E-state index in [0.29, 0.717) is 24.1 Å². The molecule has 2 aliphatic rings. The van der Waals surface area contributed by atoms with E-state index in [1.807, 2.05) is 18.2 Å². The van der Waals surface area contributed by atoms with Crippen LogP contribution in [-0.4, -0.2) is 50.4 Å². The summed E-state index contributed by atoms with van der Waals surface area (Å²) < 4.78 is 0. The molecule has 1 aromatic carbocycles. The lowest BCUT2D eigenvalue weighted by atomic mass is 9.91. The van der Waals surface area contributed by atoms with Gasteiger partial charge in [0.05, 0.1) is 17.5 Å². The quantitative estimate of drug-likeness (QED) is 0.767. The first kappa shape index (κ1) is 17.5. The van der Waals surface area contributed by atoms with Gasteiger partial charge in [-0.25, -0.2) is 0 Å². The van der Waals surface area contributed by atoms with Crippen LogP contribution < -0.4 is 0 Å². The molecule has 1 aliphatic heterocycles. The molecule has 5 nitrogen and oxygen atoms in total. The molecule has 4 rings (SSSR count). The Morgan fingerprint density at radius 2 is 1.77 bits per heavy atom. The molecule has 2 heterocycles. The second kappa shape index (κ2) is 6.99. The Kier molecular flexibility index (Phi) is 4.69. The highest BCUT2D eigenvalue weighted by Gasteiger charge is 2.48. The lowest BCUT2D eigenvalue weighted by molar-refractivity contribution is 0.0327. The summed E-state index contributed by atoms with van der Waals surface area (Å²) in [4.78, 5) is 6.37. The number of β-amino-alcohol motifs (C(OH)–C–C–N with tert-alkyl or cyclic N) is 1. The lowest BCUT2D eigenvalue weighted by Crippen LogP contribution is -2.33. The van der Waals surface area contributed by atoms with Crippen LogP contribution in [0.25, 0.3) is 0 Å². The summed E-state index contributed by atoms with van der Waals surface area (Å²) in [5.74, 6) is 1.08. The molecular weight excluding hydrogens is 328 g/mol. The molecule has 1 aromatic heterocycles. The highest BCUT2D eigenvalue weighted by molar-refractivity contribution is 5.20. The SMILES string of the molecule is Oc1ccc([C@H](O)CN2C[C@@H]3CC(O)(Cc4ccccc4)C[C@@H]3C2)nc1. The van der Waals surface area contributed by atoms with Gasteiger partial charge in [-0.05, 0) is 42.4 Å². The molecule has 3 N–H and O–H groups in total. The zero-order chi connectivity index (χ0) is 18.1. The van der Waals surface area contributed by atoms with Crippen molar-refractivity contribution in [2.24, 2.45) is 11.8 Å². The number of aliphatic hydroxyl groups excluding tert-OH is 1. The molecule has 1 saturated heterocycles. The van der Waals surface area contributed by atoms with Crippen LogP contribution in [0.1, 0.15) is 30.2 Å². The first-order chi connectivity index (χ1) is 12.5. The Labute approximate surface area is 153 Å². The van der Waals surface area contributed by atoms with Gasteiger partial charge in [0.2, 0.25) is 0 Å². The Bertz CT molecular complexity index is 721. The van der Waals surface area contributed by atoms with Crippen LogP contribution in [0.3, 0.4) is 0 Å². The van der Waals surface area contributed by atoms with E-state index in [1.54, 1.807) is 12.1 Å². The van der Waals surface area contributed by atoms with Gasteiger partial charge in [-0.3, -0.25) is 9.88 Å². The number of pyridine rings is 1. The maximum atomic E-state index is 11.0. The molecule has 1 aliphatic carbocycles. The van der Waals surface area contributed by atoms with Crippen molar-refractivity contribution in [2.75, 3.05) is 19.6 Å². The van der Waals surface area contributed by atoms with Crippen molar-refractivity contribution < 1.29 is 15.3 Å². The van der Waals surface area contributed by atoms with Crippen LogP contribution >= 0.6 is 0 Å². The van der Waals surface area contributed by atoms with Gasteiger partial charge in [-0.15, -0.1) is 0 Å². The van der Waals surface area contributed by atoms with Crippen molar-refractivity contribution in [1.82, 2.24) is 9.88 Å². The monoisotopic (exact) mass is 354 g/mol. The highest BCUT2D eigenvalue weighted by atomic mass is 16.3. The Morgan fingerprint density at radius 3 is 2.38 bits per heavy atom. The van der Waals surface area contributed by atoms with Gasteiger partial charge in [0.25, 0.3) is 0 Å². The minimum Gasteiger partial charge on any atom is -0.506 e. The van der Waals surface area contributed by atoms with Gasteiger partial charge in [-0.2, -0.15) is 0 Å². The van der Waals surface area contributed by atoms with Crippen LogP contribution in [0, 0.1) is 11.8 Å². The fourth-order valence-corrected chi connectivity index (χ4v) is 4.76. The summed E-state index contributed by atoms with van der Waals surface area (Å²) in [7, 11) is 0. The zero-order valence-electron chi connectivity index (χ0n) is 14.8. The predicted octanol–water partition coefficient (Wildman–Crippen LogP) is 2.14. The number of nitrogens with zero attached hydrogens (tertiary/aromatic N) is 2. The molecule has 0 radical (unpaired) electrons. The average molecular weight is 354 g/mol. The predicted molar refractivity (Wildman–Crippen MR) is 98.6 cm³/mol. The lowest BCUT2D eigenvalue weighted by Gasteiger charge is -2.27. The summed E-state index contributed by atoms with van der Waals surface area (Å²) >= 11 is 0. The number of hydrogen-bond donors (Lipinski definition) is 3. The minimum atomic E-state index is -0.655. The molecule has 1 unspecified atom stereocenters. The maximum absolute atomic E-state index is 11.0. The van der Waals surface area contributed by atoms with E-state index in [4.69, 9.17) is 0 Å². The highest BCUT2D eigenvalue weighted by Crippen LogP contribution is 2.45. The summed E-state index contributed by atoms with van der Waals surface area (Å²) in [5.41, 5.74) is 1.18. The zero-order valence-corrected chi connectivity index (χ0v) is 14.8. The Morgan fingerprint density at radius 1 is 1.08 bits per heavy atom. The molecule has 0 amide bonds. The van der Waals surface area contributed by atoms with Crippen LogP contribution in [0.2, 0.25) is 0 Å². The van der Waals surface area contributed by atoms with E-state index in [9.17, 15) is 15.3 Å². The van der Waals surface area contributed by atoms with Crippen molar-refractivity contribution in [3.63, 3.8) is 0 Å². The molecule has 0 bridgehead atoms. The van der Waals surface area contributed by atoms with Crippen molar-refractivity contribution in [2.45, 2.75) is 31.0 Å². The van der Waals surface area contributed by atoms with Crippen molar-refractivity contribution in [1.29, 1.82) is 0 Å². The fraction of sp³-hybridized carbons (Fsp3) is 0.476. The summed E-state index contributed by atoms with van der Waals surface area (Å²) in [6, 6.07) is 13.4. The van der Waals surface area contributed by atoms with Gasteiger partial charge in [-0.1, -0.05) is 30.3 Å². The third-order valence-corrected chi connectivity index (χ3v) is 5.86. The number of likely N-dealkylation sites (tertiary alicyclic amines) is 1. The maximum Gasteiger partial charge on any atom is 0.133 e. The molecule has 4 atom stereocenters. The molecule has 2 fully saturated rings. The second-order valence-electron chi connectivity index (χ2n) is 7.99. The van der Waals surface area contributed by atoms with Crippen LogP contribution in [0.4, 0.5) is 0 Å². The third kappa shape index (κ3) is 3.75. The van der Waals surface area contributed by atoms with Crippen molar-refractivity contribution in [3.8, 4) is 5.75 Å². The number of rotatable bonds is 5. The number of fused-ring (bicyclic) bond motifs is 1. The average Bonchev–Trinajstić information content (AvgIpc) is 3.10. The van der Waals surface area contributed by atoms with Gasteiger partial charge in [0.15, 0.2) is 0 Å². The topological polar surface area (TPSA) is 76.8 Å². The van der Waals surface area contributed by atoms with E-state index in [1.165, 1.54) is 11.8 Å². The Balaban J connectivity index is 1.32. The number of aromatic hydroxyl groups is 1. The van der Waals surface area contributed by atoms with E-state index >= 15 is 0 Å². The molecule has 138 valence electrons. The molecule has 26 heavy (non-hydrogen) atoms. The first-order valence-electron chi connectivity index (χ1n) is 9.32. The van der Waals surface area contributed by atoms with Gasteiger partial charge in [0, 0.05) is 26.1 Å². The molecule has 2 aromatic rings. The second-order valence-corrected chi connectivity index (χ2v) is 7.99. The summed E-state index contributed by atoms with van der Waals surface area (Å²) in [6.45, 7) is 2.37. The van der Waals surface area contributed by atoms with E-state index in [2.05, 4.69) is 22.0 Å². The number of aromatic nitrogens is 1. The third-order valence-electron chi connectivity index (χ3n) is 5.86. The van der Waals surface area contributed by atoms with Crippen LogP contribution in [-0.2, 0) is 6.42 Å². The summed E-state index contributed by atoms with van der Waals surface area (Å²) in [5, 5.41) is 30.7. The van der Waals surface area contributed by atoms with Gasteiger partial charge in [0.1, 0.15) is 11.9 Å². The van der Waals surface area contributed by atoms with Gasteiger partial charge >= 0.3 is 0 Å². The van der Waals surface area contributed by atoms with E-state index < -0.39 is 11.7 Å². The normalized spacial score (nSPS) is 29.6. The Hall–Kier alpha value is -1.95. The van der Waals surface area contributed by atoms with E-state index in [-0.39, 0.29) is 5.75 Å². The molecule has 5 heteroatoms. The summed E-state index contributed by atoms with van der Waals surface area (Å²) in [6.07, 6.45) is 3.09. The van der Waals surface area contributed by atoms with Gasteiger partial charge < -0.3 is 15.3 Å². The molecule has 0 spiro atoms. The number of aliphatic hydroxyl groups is 2. The van der Waals surface area contributed by atoms with Crippen LogP contribution in [0.5, 0.6) is 5.75 Å². The number of benzene rings is 1. The smallest absolute Gasteiger partial charge is 0.133 e. The minimum absolute atomic E-state index is 0.106. The van der Waals surface area contributed by atoms with Crippen molar-refractivity contribution in [3.05, 3.63) is 59.9 Å². The van der Waals surface area contributed by atoms with Crippen LogP contribution in [0.15, 0.2) is 48.7 Å². The fourth-order valence-electron chi connectivity index (χ4n) is 4.76. The first-order valence-corrected chi connectivity index (χ1v) is 9.32. The van der Waals surface area contributed by atoms with Crippen molar-refractivity contribution >= 4 is 0 Å². The standard InChI is InChI=1S/C21H26N2O3/c24-18-6-7-19(22-11-18)20(25)14-23-12-16-9-21(26,10-17(16)13-23)8-15-4-2-1-3-5-15/h1-7,11,16-17,20,24-26H,8-10,12-14H2/t16-,17+,20-,21?/m1/s1. The molecular formula is C21H26N2O3.